The van der Waals surface area contributed by atoms with E-state index < -0.39 is 0 Å². The summed E-state index contributed by atoms with van der Waals surface area (Å²) in [5, 5.41) is 4.13. The first-order valence-electron chi connectivity index (χ1n) is 6.29. The summed E-state index contributed by atoms with van der Waals surface area (Å²) < 4.78 is 1.06. The van der Waals surface area contributed by atoms with Gasteiger partial charge in [-0.25, -0.2) is 9.97 Å². The average molecular weight is 443 g/mol. The van der Waals surface area contributed by atoms with E-state index in [2.05, 4.69) is 42.9 Å². The Hall–Kier alpha value is -1.44. The SMILES string of the molecule is Clc1cc(Nc2ccc(I)cc2Cl)nc(-c2ccncc2)n1. The quantitative estimate of drug-likeness (QED) is 0.447. The number of hydrogen-bond acceptors (Lipinski definition) is 4. The molecule has 22 heavy (non-hydrogen) atoms. The van der Waals surface area contributed by atoms with Crippen LogP contribution in [0.15, 0.2) is 48.8 Å². The molecule has 0 bridgehead atoms. The highest BCUT2D eigenvalue weighted by atomic mass is 127. The molecular formula is C15H9Cl2IN4. The van der Waals surface area contributed by atoms with Crippen molar-refractivity contribution in [3.63, 3.8) is 0 Å². The average Bonchev–Trinajstić information content (AvgIpc) is 2.50. The topological polar surface area (TPSA) is 50.7 Å². The van der Waals surface area contributed by atoms with Crippen LogP contribution in [0.5, 0.6) is 0 Å². The molecule has 0 radical (unpaired) electrons. The molecule has 2 heterocycles. The highest BCUT2D eigenvalue weighted by Gasteiger charge is 2.08. The maximum absolute atomic E-state index is 6.22. The van der Waals surface area contributed by atoms with Crippen LogP contribution >= 0.6 is 45.8 Å². The highest BCUT2D eigenvalue weighted by molar-refractivity contribution is 14.1. The third-order valence-electron chi connectivity index (χ3n) is 2.83. The molecule has 0 fully saturated rings. The molecule has 1 aromatic carbocycles. The van der Waals surface area contributed by atoms with Crippen molar-refractivity contribution in [1.29, 1.82) is 0 Å². The lowest BCUT2D eigenvalue weighted by molar-refractivity contribution is 1.17. The minimum Gasteiger partial charge on any atom is -0.339 e. The van der Waals surface area contributed by atoms with Crippen molar-refractivity contribution in [2.75, 3.05) is 5.32 Å². The number of nitrogens with one attached hydrogen (secondary N) is 1. The van der Waals surface area contributed by atoms with Gasteiger partial charge >= 0.3 is 0 Å². The van der Waals surface area contributed by atoms with E-state index in [0.717, 1.165) is 14.8 Å². The predicted octanol–water partition coefficient (Wildman–Crippen LogP) is 5.19. The summed E-state index contributed by atoms with van der Waals surface area (Å²) in [4.78, 5) is 12.7. The lowest BCUT2D eigenvalue weighted by Gasteiger charge is -2.09. The van der Waals surface area contributed by atoms with E-state index in [1.54, 1.807) is 18.5 Å². The fourth-order valence-electron chi connectivity index (χ4n) is 1.84. The van der Waals surface area contributed by atoms with Gasteiger partial charge in [-0.1, -0.05) is 23.2 Å². The summed E-state index contributed by atoms with van der Waals surface area (Å²) in [5.74, 6) is 1.11. The van der Waals surface area contributed by atoms with Gasteiger partial charge in [0.15, 0.2) is 5.82 Å². The monoisotopic (exact) mass is 442 g/mol. The van der Waals surface area contributed by atoms with Crippen LogP contribution in [0.1, 0.15) is 0 Å². The number of benzene rings is 1. The van der Waals surface area contributed by atoms with E-state index in [0.29, 0.717) is 21.8 Å². The fraction of sp³-hybridized carbons (Fsp3) is 0. The van der Waals surface area contributed by atoms with E-state index in [1.165, 1.54) is 0 Å². The second-order valence-electron chi connectivity index (χ2n) is 4.38. The molecule has 3 aromatic rings. The molecule has 0 saturated heterocycles. The molecule has 0 aliphatic heterocycles. The maximum Gasteiger partial charge on any atom is 0.163 e. The van der Waals surface area contributed by atoms with Gasteiger partial charge in [0.1, 0.15) is 11.0 Å². The number of pyridine rings is 1. The van der Waals surface area contributed by atoms with Crippen molar-refractivity contribution < 1.29 is 0 Å². The van der Waals surface area contributed by atoms with Gasteiger partial charge in [0.2, 0.25) is 0 Å². The highest BCUT2D eigenvalue weighted by Crippen LogP contribution is 2.28. The normalized spacial score (nSPS) is 10.5. The number of anilines is 2. The van der Waals surface area contributed by atoms with Crippen LogP contribution < -0.4 is 5.32 Å². The van der Waals surface area contributed by atoms with Gasteiger partial charge in [0.25, 0.3) is 0 Å². The number of halogens is 3. The number of hydrogen-bond donors (Lipinski definition) is 1. The van der Waals surface area contributed by atoms with Gasteiger partial charge in [-0.3, -0.25) is 4.98 Å². The Morgan fingerprint density at radius 2 is 1.73 bits per heavy atom. The van der Waals surface area contributed by atoms with Crippen LogP contribution in [-0.4, -0.2) is 15.0 Å². The van der Waals surface area contributed by atoms with E-state index in [-0.39, 0.29) is 0 Å². The Kier molecular flexibility index (Phi) is 4.75. The van der Waals surface area contributed by atoms with Crippen LogP contribution in [0.4, 0.5) is 11.5 Å². The number of aromatic nitrogens is 3. The van der Waals surface area contributed by atoms with Crippen molar-refractivity contribution in [2.24, 2.45) is 0 Å². The minimum absolute atomic E-state index is 0.353. The Morgan fingerprint density at radius 3 is 2.45 bits per heavy atom. The van der Waals surface area contributed by atoms with Crippen molar-refractivity contribution in [2.45, 2.75) is 0 Å². The molecule has 7 heteroatoms. The van der Waals surface area contributed by atoms with E-state index in [9.17, 15) is 0 Å². The molecule has 1 N–H and O–H groups in total. The Bertz CT molecular complexity index is 812. The second-order valence-corrected chi connectivity index (χ2v) is 6.42. The largest absolute Gasteiger partial charge is 0.339 e. The van der Waals surface area contributed by atoms with E-state index >= 15 is 0 Å². The standard InChI is InChI=1S/C15H9Cl2IN4/c16-11-7-10(18)1-2-12(11)20-14-8-13(17)21-15(22-14)9-3-5-19-6-4-9/h1-8H,(H,20,21,22). The summed E-state index contributed by atoms with van der Waals surface area (Å²) >= 11 is 14.5. The number of nitrogens with zero attached hydrogens (tertiary/aromatic N) is 3. The Labute approximate surface area is 151 Å². The van der Waals surface area contributed by atoms with Crippen molar-refractivity contribution in [3.8, 4) is 11.4 Å². The minimum atomic E-state index is 0.353. The molecule has 2 aromatic heterocycles. The van der Waals surface area contributed by atoms with Gasteiger partial charge in [-0.2, -0.15) is 0 Å². The molecule has 110 valence electrons. The zero-order valence-electron chi connectivity index (χ0n) is 11.1. The van der Waals surface area contributed by atoms with Gasteiger partial charge < -0.3 is 5.32 Å². The van der Waals surface area contributed by atoms with Crippen LogP contribution in [0.25, 0.3) is 11.4 Å². The Balaban J connectivity index is 1.96. The molecule has 0 atom stereocenters. The molecule has 0 amide bonds. The lowest BCUT2D eigenvalue weighted by Crippen LogP contribution is -1.98. The first-order chi connectivity index (χ1) is 10.6. The van der Waals surface area contributed by atoms with Crippen molar-refractivity contribution in [1.82, 2.24) is 15.0 Å². The molecule has 0 aliphatic carbocycles. The first-order valence-corrected chi connectivity index (χ1v) is 8.12. The lowest BCUT2D eigenvalue weighted by atomic mass is 10.2. The van der Waals surface area contributed by atoms with Gasteiger partial charge in [0.05, 0.1) is 10.7 Å². The molecule has 3 rings (SSSR count). The van der Waals surface area contributed by atoms with Crippen LogP contribution in [0.2, 0.25) is 10.2 Å². The zero-order valence-corrected chi connectivity index (χ0v) is 14.8. The Morgan fingerprint density at radius 1 is 0.955 bits per heavy atom. The van der Waals surface area contributed by atoms with Crippen LogP contribution in [-0.2, 0) is 0 Å². The predicted molar refractivity (Wildman–Crippen MR) is 97.7 cm³/mol. The summed E-state index contributed by atoms with van der Waals surface area (Å²) in [7, 11) is 0. The molecule has 4 nitrogen and oxygen atoms in total. The van der Waals surface area contributed by atoms with Crippen molar-refractivity contribution in [3.05, 3.63) is 62.5 Å². The zero-order chi connectivity index (χ0) is 15.5. The molecule has 0 spiro atoms. The third-order valence-corrected chi connectivity index (χ3v) is 4.00. The summed E-state index contributed by atoms with van der Waals surface area (Å²) in [6.45, 7) is 0. The van der Waals surface area contributed by atoms with Crippen LogP contribution in [0.3, 0.4) is 0 Å². The smallest absolute Gasteiger partial charge is 0.163 e. The van der Waals surface area contributed by atoms with Crippen LogP contribution in [0, 0.1) is 3.57 Å². The van der Waals surface area contributed by atoms with Gasteiger partial charge in [0, 0.05) is 27.6 Å². The fourth-order valence-corrected chi connectivity index (χ4v) is 2.93. The number of rotatable bonds is 3. The maximum atomic E-state index is 6.22. The molecular weight excluding hydrogens is 434 g/mol. The van der Waals surface area contributed by atoms with E-state index in [4.69, 9.17) is 23.2 Å². The van der Waals surface area contributed by atoms with Gasteiger partial charge in [-0.05, 0) is 52.9 Å². The summed E-state index contributed by atoms with van der Waals surface area (Å²) in [6.07, 6.45) is 3.37. The van der Waals surface area contributed by atoms with E-state index in [1.807, 2.05) is 30.3 Å². The molecule has 0 saturated carbocycles. The third kappa shape index (κ3) is 3.66. The summed E-state index contributed by atoms with van der Waals surface area (Å²) in [5.41, 5.74) is 1.60. The summed E-state index contributed by atoms with van der Waals surface area (Å²) in [6, 6.07) is 11.0. The van der Waals surface area contributed by atoms with Gasteiger partial charge in [-0.15, -0.1) is 0 Å². The van der Waals surface area contributed by atoms with Crippen molar-refractivity contribution >= 4 is 57.3 Å². The first kappa shape index (κ1) is 15.5. The second kappa shape index (κ2) is 6.76. The molecule has 0 unspecified atom stereocenters. The molecule has 0 aliphatic rings.